The zero-order chi connectivity index (χ0) is 22.2. The molecule has 0 unspecified atom stereocenters. The number of esters is 1. The van der Waals surface area contributed by atoms with Crippen LogP contribution in [0.5, 0.6) is 0 Å². The molecule has 3 aromatic rings. The summed E-state index contributed by atoms with van der Waals surface area (Å²) in [5.41, 5.74) is 2.88. The van der Waals surface area contributed by atoms with Crippen LogP contribution in [0.15, 0.2) is 60.8 Å². The van der Waals surface area contributed by atoms with Crippen LogP contribution in [0.2, 0.25) is 0 Å². The molecule has 6 nitrogen and oxygen atoms in total. The topological polar surface area (TPSA) is 88.3 Å². The number of para-hydroxylation sites is 1. The highest BCUT2D eigenvalue weighted by Gasteiger charge is 2.27. The number of rotatable bonds is 9. The molecule has 0 fully saturated rings. The van der Waals surface area contributed by atoms with Crippen molar-refractivity contribution < 1.29 is 19.1 Å². The van der Waals surface area contributed by atoms with E-state index in [0.717, 1.165) is 33.8 Å². The van der Waals surface area contributed by atoms with Gasteiger partial charge < -0.3 is 15.0 Å². The van der Waals surface area contributed by atoms with Gasteiger partial charge in [0.05, 0.1) is 13.0 Å². The number of fused-ring (bicyclic) bond motifs is 1. The molecule has 2 aromatic carbocycles. The van der Waals surface area contributed by atoms with Crippen molar-refractivity contribution in [2.45, 2.75) is 25.8 Å². The summed E-state index contributed by atoms with van der Waals surface area (Å²) in [6.07, 6.45) is 2.63. The van der Waals surface area contributed by atoms with Gasteiger partial charge in [0.2, 0.25) is 5.91 Å². The molecule has 1 amide bonds. The van der Waals surface area contributed by atoms with Crippen LogP contribution in [0.1, 0.15) is 18.1 Å². The van der Waals surface area contributed by atoms with E-state index in [-0.39, 0.29) is 11.0 Å². The molecule has 7 heteroatoms. The maximum absolute atomic E-state index is 13.1. The fraction of sp³-hybridized carbons (Fsp3) is 0.292. The van der Waals surface area contributed by atoms with Gasteiger partial charge in [0, 0.05) is 36.2 Å². The van der Waals surface area contributed by atoms with Crippen molar-refractivity contribution in [2.24, 2.45) is 5.92 Å². The molecule has 2 atom stereocenters. The van der Waals surface area contributed by atoms with E-state index in [1.807, 2.05) is 60.8 Å². The van der Waals surface area contributed by atoms with Crippen LogP contribution >= 0.6 is 11.8 Å². The summed E-state index contributed by atoms with van der Waals surface area (Å²) >= 11 is 1.11. The molecule has 0 aliphatic rings. The molecular formula is C24H26N2O4S. The summed E-state index contributed by atoms with van der Waals surface area (Å²) in [7, 11) is 1.31. The van der Waals surface area contributed by atoms with E-state index in [0.29, 0.717) is 18.6 Å². The zero-order valence-electron chi connectivity index (χ0n) is 17.6. The predicted molar refractivity (Wildman–Crippen MR) is 123 cm³/mol. The van der Waals surface area contributed by atoms with E-state index in [9.17, 15) is 14.4 Å². The zero-order valence-corrected chi connectivity index (χ0v) is 18.4. The van der Waals surface area contributed by atoms with Gasteiger partial charge in [0.1, 0.15) is 6.04 Å². The predicted octanol–water partition coefficient (Wildman–Crippen LogP) is 3.51. The Kier molecular flexibility index (Phi) is 7.89. The molecule has 0 aliphatic heterocycles. The second-order valence-corrected chi connectivity index (χ2v) is 8.53. The first kappa shape index (κ1) is 22.6. The number of nitrogens with one attached hydrogen (secondary N) is 2. The van der Waals surface area contributed by atoms with Gasteiger partial charge in [-0.1, -0.05) is 60.3 Å². The SMILES string of the molecule is COC(=O)[C@H](Cc1c[nH]c2ccccc12)NC(=O)[C@@H](CSC(C)=O)Cc1ccccc1. The van der Waals surface area contributed by atoms with Gasteiger partial charge in [-0.15, -0.1) is 0 Å². The lowest BCUT2D eigenvalue weighted by Gasteiger charge is -2.21. The summed E-state index contributed by atoms with van der Waals surface area (Å²) in [5.74, 6) is -0.882. The lowest BCUT2D eigenvalue weighted by molar-refractivity contribution is -0.145. The number of aromatic amines is 1. The highest BCUT2D eigenvalue weighted by atomic mass is 32.2. The number of aromatic nitrogens is 1. The van der Waals surface area contributed by atoms with Crippen molar-refractivity contribution in [3.63, 3.8) is 0 Å². The van der Waals surface area contributed by atoms with Gasteiger partial charge in [-0.05, 0) is 23.6 Å². The van der Waals surface area contributed by atoms with E-state index < -0.39 is 17.9 Å². The Morgan fingerprint density at radius 3 is 2.45 bits per heavy atom. The molecular weight excluding hydrogens is 412 g/mol. The van der Waals surface area contributed by atoms with Crippen molar-refractivity contribution in [1.82, 2.24) is 10.3 Å². The molecule has 0 radical (unpaired) electrons. The average Bonchev–Trinajstić information content (AvgIpc) is 3.19. The number of methoxy groups -OCH3 is 1. The molecule has 162 valence electrons. The van der Waals surface area contributed by atoms with Gasteiger partial charge in [-0.3, -0.25) is 9.59 Å². The molecule has 31 heavy (non-hydrogen) atoms. The standard InChI is InChI=1S/C24H26N2O4S/c1-16(27)31-15-19(12-17-8-4-3-5-9-17)23(28)26-22(24(29)30-2)13-18-14-25-21-11-7-6-10-20(18)21/h3-11,14,19,22,25H,12-13,15H2,1-2H3,(H,26,28)/t19-,22+/m1/s1. The number of carbonyl (C=O) groups excluding carboxylic acids is 3. The first-order valence-electron chi connectivity index (χ1n) is 10.1. The van der Waals surface area contributed by atoms with Crippen LogP contribution < -0.4 is 5.32 Å². The quantitative estimate of drug-likeness (QED) is 0.499. The molecule has 0 spiro atoms. The first-order chi connectivity index (χ1) is 15.0. The lowest BCUT2D eigenvalue weighted by atomic mass is 9.99. The smallest absolute Gasteiger partial charge is 0.328 e. The molecule has 0 saturated carbocycles. The van der Waals surface area contributed by atoms with E-state index in [1.165, 1.54) is 14.0 Å². The second kappa shape index (κ2) is 10.8. The van der Waals surface area contributed by atoms with Crippen molar-refractivity contribution in [3.8, 4) is 0 Å². The summed E-state index contributed by atoms with van der Waals surface area (Å²) in [6.45, 7) is 1.48. The molecule has 2 N–H and O–H groups in total. The van der Waals surface area contributed by atoms with E-state index >= 15 is 0 Å². The van der Waals surface area contributed by atoms with Crippen LogP contribution in [-0.4, -0.2) is 40.9 Å². The third-order valence-electron chi connectivity index (χ3n) is 5.08. The largest absolute Gasteiger partial charge is 0.467 e. The molecule has 0 aliphatic carbocycles. The van der Waals surface area contributed by atoms with E-state index in [1.54, 1.807) is 0 Å². The van der Waals surface area contributed by atoms with Crippen LogP contribution in [0.3, 0.4) is 0 Å². The van der Waals surface area contributed by atoms with Gasteiger partial charge in [-0.25, -0.2) is 4.79 Å². The number of ether oxygens (including phenoxy) is 1. The third kappa shape index (κ3) is 6.21. The summed E-state index contributed by atoms with van der Waals surface area (Å²) in [5, 5.41) is 3.81. The number of hydrogen-bond acceptors (Lipinski definition) is 5. The van der Waals surface area contributed by atoms with Gasteiger partial charge in [0.15, 0.2) is 5.12 Å². The Hall–Kier alpha value is -3.06. The van der Waals surface area contributed by atoms with Gasteiger partial charge in [-0.2, -0.15) is 0 Å². The Balaban J connectivity index is 1.77. The number of carbonyl (C=O) groups is 3. The summed E-state index contributed by atoms with van der Waals surface area (Å²) in [4.78, 5) is 40.3. The number of hydrogen-bond donors (Lipinski definition) is 2. The molecule has 1 aromatic heterocycles. The van der Waals surface area contributed by atoms with E-state index in [4.69, 9.17) is 4.74 Å². The first-order valence-corrected chi connectivity index (χ1v) is 11.1. The Morgan fingerprint density at radius 2 is 1.74 bits per heavy atom. The monoisotopic (exact) mass is 438 g/mol. The minimum Gasteiger partial charge on any atom is -0.467 e. The fourth-order valence-electron chi connectivity index (χ4n) is 3.49. The number of benzene rings is 2. The van der Waals surface area contributed by atoms with Crippen LogP contribution in [0.4, 0.5) is 0 Å². The van der Waals surface area contributed by atoms with Crippen LogP contribution in [0.25, 0.3) is 10.9 Å². The number of amides is 1. The minimum atomic E-state index is -0.822. The van der Waals surface area contributed by atoms with Gasteiger partial charge in [0.25, 0.3) is 0 Å². The lowest BCUT2D eigenvalue weighted by Crippen LogP contribution is -2.46. The summed E-state index contributed by atoms with van der Waals surface area (Å²) < 4.78 is 4.95. The molecule has 3 rings (SSSR count). The second-order valence-electron chi connectivity index (χ2n) is 7.34. The Bertz CT molecular complexity index is 1050. The molecule has 0 saturated heterocycles. The highest BCUT2D eigenvalue weighted by molar-refractivity contribution is 8.13. The van der Waals surface area contributed by atoms with Crippen molar-refractivity contribution in [1.29, 1.82) is 0 Å². The maximum atomic E-state index is 13.1. The van der Waals surface area contributed by atoms with Crippen molar-refractivity contribution in [3.05, 3.63) is 71.9 Å². The highest BCUT2D eigenvalue weighted by Crippen LogP contribution is 2.20. The molecule has 1 heterocycles. The van der Waals surface area contributed by atoms with E-state index in [2.05, 4.69) is 10.3 Å². The Morgan fingerprint density at radius 1 is 1.03 bits per heavy atom. The van der Waals surface area contributed by atoms with Crippen LogP contribution in [0, 0.1) is 5.92 Å². The normalized spacial score (nSPS) is 12.8. The summed E-state index contributed by atoms with van der Waals surface area (Å²) in [6, 6.07) is 16.6. The fourth-order valence-corrected chi connectivity index (χ4v) is 4.19. The minimum absolute atomic E-state index is 0.0471. The number of thioether (sulfide) groups is 1. The van der Waals surface area contributed by atoms with Crippen molar-refractivity contribution >= 4 is 39.7 Å². The van der Waals surface area contributed by atoms with Crippen LogP contribution in [-0.2, 0) is 32.0 Å². The van der Waals surface area contributed by atoms with Gasteiger partial charge >= 0.3 is 5.97 Å². The Labute approximate surface area is 185 Å². The average molecular weight is 439 g/mol. The number of H-pyrrole nitrogens is 1. The maximum Gasteiger partial charge on any atom is 0.328 e. The molecule has 0 bridgehead atoms. The third-order valence-corrected chi connectivity index (χ3v) is 6.06. The van der Waals surface area contributed by atoms with Crippen molar-refractivity contribution in [2.75, 3.05) is 12.9 Å².